The standard InChI is InChI=1S/C19H20N2O3S2/c1-5-26(23,24)15-10-8-14(9-11-15)18(22)20-19-21(4)16-12(2)6-7-13(3)17(16)25-19/h6-11H,5H2,1-4H3. The van der Waals surface area contributed by atoms with Crippen LogP contribution >= 0.6 is 11.3 Å². The Hall–Kier alpha value is -2.25. The Morgan fingerprint density at radius 2 is 1.69 bits per heavy atom. The topological polar surface area (TPSA) is 68.5 Å². The lowest BCUT2D eigenvalue weighted by molar-refractivity contribution is 0.0998. The van der Waals surface area contributed by atoms with Crippen LogP contribution in [0.2, 0.25) is 0 Å². The summed E-state index contributed by atoms with van der Waals surface area (Å²) in [6.07, 6.45) is 0. The summed E-state index contributed by atoms with van der Waals surface area (Å²) in [5.41, 5.74) is 3.72. The molecule has 1 heterocycles. The van der Waals surface area contributed by atoms with Crippen molar-refractivity contribution in [3.05, 3.63) is 57.9 Å². The van der Waals surface area contributed by atoms with Gasteiger partial charge in [-0.1, -0.05) is 30.4 Å². The van der Waals surface area contributed by atoms with Gasteiger partial charge in [-0.05, 0) is 49.2 Å². The molecule has 136 valence electrons. The summed E-state index contributed by atoms with van der Waals surface area (Å²) >= 11 is 1.48. The summed E-state index contributed by atoms with van der Waals surface area (Å²) in [4.78, 5) is 17.6. The minimum absolute atomic E-state index is 0.0288. The highest BCUT2D eigenvalue weighted by Gasteiger charge is 2.13. The van der Waals surface area contributed by atoms with E-state index in [4.69, 9.17) is 0 Å². The van der Waals surface area contributed by atoms with Gasteiger partial charge in [-0.2, -0.15) is 4.99 Å². The molecule has 0 N–H and O–H groups in total. The van der Waals surface area contributed by atoms with Crippen LogP contribution in [0.4, 0.5) is 0 Å². The summed E-state index contributed by atoms with van der Waals surface area (Å²) in [7, 11) is -1.38. The normalized spacial score (nSPS) is 12.7. The van der Waals surface area contributed by atoms with Crippen LogP contribution in [0.25, 0.3) is 10.2 Å². The predicted octanol–water partition coefficient (Wildman–Crippen LogP) is 3.39. The van der Waals surface area contributed by atoms with Gasteiger partial charge >= 0.3 is 0 Å². The molecular weight excluding hydrogens is 368 g/mol. The lowest BCUT2D eigenvalue weighted by Crippen LogP contribution is -2.13. The maximum absolute atomic E-state index is 12.5. The van der Waals surface area contributed by atoms with Crippen molar-refractivity contribution in [1.29, 1.82) is 0 Å². The second kappa shape index (κ2) is 6.81. The van der Waals surface area contributed by atoms with Gasteiger partial charge in [0, 0.05) is 12.6 Å². The average Bonchev–Trinajstić information content (AvgIpc) is 2.96. The molecule has 0 aliphatic heterocycles. The van der Waals surface area contributed by atoms with Crippen molar-refractivity contribution in [1.82, 2.24) is 4.57 Å². The van der Waals surface area contributed by atoms with Crippen molar-refractivity contribution in [2.75, 3.05) is 5.75 Å². The lowest BCUT2D eigenvalue weighted by Gasteiger charge is -2.02. The number of nitrogens with zero attached hydrogens (tertiary/aromatic N) is 2. The van der Waals surface area contributed by atoms with E-state index < -0.39 is 9.84 Å². The first-order valence-electron chi connectivity index (χ1n) is 8.22. The van der Waals surface area contributed by atoms with E-state index in [1.807, 2.05) is 25.5 Å². The summed E-state index contributed by atoms with van der Waals surface area (Å²) in [5.74, 6) is -0.357. The van der Waals surface area contributed by atoms with Gasteiger partial charge in [0.1, 0.15) is 0 Å². The Labute approximate surface area is 156 Å². The highest BCUT2D eigenvalue weighted by Crippen LogP contribution is 2.24. The Morgan fingerprint density at radius 3 is 2.27 bits per heavy atom. The fraction of sp³-hybridized carbons (Fsp3) is 0.263. The van der Waals surface area contributed by atoms with E-state index in [1.165, 1.54) is 35.6 Å². The zero-order valence-corrected chi connectivity index (χ0v) is 16.7. The van der Waals surface area contributed by atoms with Crippen molar-refractivity contribution in [3.63, 3.8) is 0 Å². The van der Waals surface area contributed by atoms with Crippen LogP contribution in [0.5, 0.6) is 0 Å². The van der Waals surface area contributed by atoms with E-state index in [0.29, 0.717) is 10.4 Å². The van der Waals surface area contributed by atoms with Gasteiger partial charge in [-0.3, -0.25) is 4.79 Å². The number of carbonyl (C=O) groups is 1. The largest absolute Gasteiger partial charge is 0.319 e. The van der Waals surface area contributed by atoms with Crippen molar-refractivity contribution < 1.29 is 13.2 Å². The Balaban J connectivity index is 2.05. The monoisotopic (exact) mass is 388 g/mol. The van der Waals surface area contributed by atoms with Gasteiger partial charge in [0.2, 0.25) is 0 Å². The molecule has 0 atom stereocenters. The number of rotatable bonds is 3. The van der Waals surface area contributed by atoms with Crippen molar-refractivity contribution in [2.45, 2.75) is 25.7 Å². The summed E-state index contributed by atoms with van der Waals surface area (Å²) < 4.78 is 26.8. The van der Waals surface area contributed by atoms with Gasteiger partial charge in [-0.25, -0.2) is 8.42 Å². The van der Waals surface area contributed by atoms with Gasteiger partial charge in [-0.15, -0.1) is 0 Å². The third-order valence-electron chi connectivity index (χ3n) is 4.38. The SMILES string of the molecule is CCS(=O)(=O)c1ccc(C(=O)N=c2sc3c(C)ccc(C)c3n2C)cc1. The number of thiazole rings is 1. The first-order valence-corrected chi connectivity index (χ1v) is 10.7. The number of hydrogen-bond acceptors (Lipinski definition) is 4. The molecule has 7 heteroatoms. The highest BCUT2D eigenvalue weighted by molar-refractivity contribution is 7.91. The minimum Gasteiger partial charge on any atom is -0.319 e. The third kappa shape index (κ3) is 3.24. The first-order chi connectivity index (χ1) is 12.2. The molecule has 3 aromatic rings. The number of fused-ring (bicyclic) bond motifs is 1. The second-order valence-corrected chi connectivity index (χ2v) is 9.42. The number of carbonyl (C=O) groups excluding carboxylic acids is 1. The maximum atomic E-state index is 12.5. The minimum atomic E-state index is -3.28. The Morgan fingerprint density at radius 1 is 1.08 bits per heavy atom. The number of benzene rings is 2. The molecule has 26 heavy (non-hydrogen) atoms. The smallest absolute Gasteiger partial charge is 0.279 e. The van der Waals surface area contributed by atoms with Gasteiger partial charge < -0.3 is 4.57 Å². The summed E-state index contributed by atoms with van der Waals surface area (Å²) in [6.45, 7) is 5.67. The molecule has 3 rings (SSSR count). The maximum Gasteiger partial charge on any atom is 0.279 e. The molecule has 0 spiro atoms. The van der Waals surface area contributed by atoms with Gasteiger partial charge in [0.25, 0.3) is 5.91 Å². The van der Waals surface area contributed by atoms with Crippen LogP contribution in [0, 0.1) is 13.8 Å². The van der Waals surface area contributed by atoms with E-state index in [-0.39, 0.29) is 16.6 Å². The Bertz CT molecular complexity index is 1170. The highest BCUT2D eigenvalue weighted by atomic mass is 32.2. The second-order valence-electron chi connectivity index (χ2n) is 6.17. The van der Waals surface area contributed by atoms with Crippen LogP contribution in [0.15, 0.2) is 46.3 Å². The number of aryl methyl sites for hydroxylation is 3. The lowest BCUT2D eigenvalue weighted by atomic mass is 10.1. The molecule has 0 bridgehead atoms. The molecule has 0 saturated carbocycles. The van der Waals surface area contributed by atoms with Crippen LogP contribution in [-0.2, 0) is 16.9 Å². The zero-order valence-electron chi connectivity index (χ0n) is 15.1. The molecule has 0 aliphatic carbocycles. The number of amides is 1. The van der Waals surface area contributed by atoms with Crippen molar-refractivity contribution in [3.8, 4) is 0 Å². The molecule has 0 fully saturated rings. The molecular formula is C19H20N2O3S2. The molecule has 5 nitrogen and oxygen atoms in total. The van der Waals surface area contributed by atoms with E-state index in [0.717, 1.165) is 21.3 Å². The van der Waals surface area contributed by atoms with Crippen LogP contribution in [-0.4, -0.2) is 24.6 Å². The van der Waals surface area contributed by atoms with E-state index in [2.05, 4.69) is 17.1 Å². The molecule has 0 aliphatic rings. The van der Waals surface area contributed by atoms with Gasteiger partial charge in [0.15, 0.2) is 14.6 Å². The van der Waals surface area contributed by atoms with E-state index in [9.17, 15) is 13.2 Å². The molecule has 2 aromatic carbocycles. The van der Waals surface area contributed by atoms with Crippen LogP contribution < -0.4 is 4.80 Å². The molecule has 1 aromatic heterocycles. The van der Waals surface area contributed by atoms with Crippen LogP contribution in [0.1, 0.15) is 28.4 Å². The Kier molecular flexibility index (Phi) is 4.86. The summed E-state index contributed by atoms with van der Waals surface area (Å²) in [6, 6.07) is 10.1. The quantitative estimate of drug-likeness (QED) is 0.691. The number of hydrogen-bond donors (Lipinski definition) is 0. The van der Waals surface area contributed by atoms with Crippen LogP contribution in [0.3, 0.4) is 0 Å². The predicted molar refractivity (Wildman–Crippen MR) is 104 cm³/mol. The van der Waals surface area contributed by atoms with E-state index >= 15 is 0 Å². The molecule has 0 unspecified atom stereocenters. The average molecular weight is 389 g/mol. The molecule has 0 radical (unpaired) electrons. The van der Waals surface area contributed by atoms with E-state index in [1.54, 1.807) is 6.92 Å². The molecule has 1 amide bonds. The fourth-order valence-corrected chi connectivity index (χ4v) is 4.84. The summed E-state index contributed by atoms with van der Waals surface area (Å²) in [5, 5.41) is 0. The first kappa shape index (κ1) is 18.5. The number of aromatic nitrogens is 1. The van der Waals surface area contributed by atoms with Crippen molar-refractivity contribution >= 4 is 37.3 Å². The third-order valence-corrected chi connectivity index (χ3v) is 7.40. The zero-order chi connectivity index (χ0) is 19.1. The fourth-order valence-electron chi connectivity index (χ4n) is 2.79. The van der Waals surface area contributed by atoms with Crippen molar-refractivity contribution in [2.24, 2.45) is 12.0 Å². The number of sulfone groups is 1. The van der Waals surface area contributed by atoms with Gasteiger partial charge in [0.05, 0.1) is 20.9 Å². The molecule has 0 saturated heterocycles.